The second kappa shape index (κ2) is 9.70. The second-order valence-corrected chi connectivity index (χ2v) is 9.80. The molecule has 6 rings (SSSR count). The highest BCUT2D eigenvalue weighted by molar-refractivity contribution is 5.90. The monoisotopic (exact) mass is 480 g/mol. The van der Waals surface area contributed by atoms with Crippen LogP contribution in [0.5, 0.6) is 5.75 Å². The van der Waals surface area contributed by atoms with Gasteiger partial charge in [-0.15, -0.1) is 6.58 Å². The SMILES string of the molecule is C=C[C@H]1CN2CC[C@H]1C[C@H]2[C@H](OC(=O)C1=CC(O)C(O)C(O)C1)c1ccnc2ccc(OC)cc12. The molecule has 3 saturated heterocycles. The maximum atomic E-state index is 13.3. The lowest BCUT2D eigenvalue weighted by Crippen LogP contribution is -2.55. The number of hydrogen-bond acceptors (Lipinski definition) is 8. The molecule has 0 amide bonds. The molecule has 0 radical (unpaired) electrons. The van der Waals surface area contributed by atoms with Crippen molar-refractivity contribution in [3.63, 3.8) is 0 Å². The normalized spacial score (nSPS) is 33.1. The van der Waals surface area contributed by atoms with Gasteiger partial charge in [0.25, 0.3) is 0 Å². The maximum Gasteiger partial charge on any atom is 0.334 e. The quantitative estimate of drug-likeness (QED) is 0.426. The van der Waals surface area contributed by atoms with Crippen LogP contribution in [-0.2, 0) is 9.53 Å². The summed E-state index contributed by atoms with van der Waals surface area (Å²) >= 11 is 0. The minimum atomic E-state index is -1.33. The van der Waals surface area contributed by atoms with Crippen molar-refractivity contribution < 1.29 is 29.6 Å². The third-order valence-electron chi connectivity index (χ3n) is 7.83. The summed E-state index contributed by atoms with van der Waals surface area (Å²) in [6, 6.07) is 7.49. The van der Waals surface area contributed by atoms with Gasteiger partial charge >= 0.3 is 5.97 Å². The number of benzene rings is 1. The van der Waals surface area contributed by atoms with Crippen LogP contribution in [0.2, 0.25) is 0 Å². The highest BCUT2D eigenvalue weighted by Crippen LogP contribution is 2.44. The van der Waals surface area contributed by atoms with Crippen LogP contribution in [0.4, 0.5) is 0 Å². The molecule has 3 fully saturated rings. The van der Waals surface area contributed by atoms with Gasteiger partial charge in [-0.25, -0.2) is 4.79 Å². The molecule has 8 atom stereocenters. The van der Waals surface area contributed by atoms with Gasteiger partial charge in [0.15, 0.2) is 0 Å². The first-order valence-corrected chi connectivity index (χ1v) is 12.1. The number of rotatable bonds is 6. The van der Waals surface area contributed by atoms with Crippen molar-refractivity contribution in [2.24, 2.45) is 11.8 Å². The van der Waals surface area contributed by atoms with E-state index < -0.39 is 30.4 Å². The van der Waals surface area contributed by atoms with Gasteiger partial charge < -0.3 is 24.8 Å². The highest BCUT2D eigenvalue weighted by atomic mass is 16.5. The standard InChI is InChI=1S/C27H32N2O6/c1-3-15-14-29-9-7-16(15)10-22(29)26(35-27(33)17-11-23(30)25(32)24(31)12-17)19-6-8-28-21-5-4-18(34-2)13-20(19)21/h3-6,8,11,13,15-16,22-26,30-32H,1,7,9-10,12,14H2,2H3/t15-,16-,22-,23?,24?,25?,26+/m0/s1. The van der Waals surface area contributed by atoms with Crippen molar-refractivity contribution in [3.8, 4) is 5.75 Å². The van der Waals surface area contributed by atoms with Gasteiger partial charge in [0, 0.05) is 35.7 Å². The molecule has 1 aromatic heterocycles. The molecule has 4 unspecified atom stereocenters. The Bertz CT molecular complexity index is 1150. The number of aromatic nitrogens is 1. The molecule has 1 aliphatic carbocycles. The van der Waals surface area contributed by atoms with Gasteiger partial charge in [-0.3, -0.25) is 9.88 Å². The van der Waals surface area contributed by atoms with Gasteiger partial charge in [-0.1, -0.05) is 6.08 Å². The molecule has 35 heavy (non-hydrogen) atoms. The Kier molecular flexibility index (Phi) is 6.63. The van der Waals surface area contributed by atoms with Gasteiger partial charge in [0.05, 0.1) is 24.8 Å². The smallest absolute Gasteiger partial charge is 0.334 e. The number of methoxy groups -OCH3 is 1. The number of esters is 1. The fourth-order valence-electron chi connectivity index (χ4n) is 5.85. The van der Waals surface area contributed by atoms with E-state index in [9.17, 15) is 20.1 Å². The first-order valence-electron chi connectivity index (χ1n) is 12.1. The minimum absolute atomic E-state index is 0.0321. The number of pyridine rings is 1. The summed E-state index contributed by atoms with van der Waals surface area (Å²) in [6.45, 7) is 5.80. The van der Waals surface area contributed by atoms with E-state index >= 15 is 0 Å². The van der Waals surface area contributed by atoms with Gasteiger partial charge in [0.2, 0.25) is 0 Å². The van der Waals surface area contributed by atoms with Crippen LogP contribution in [-0.4, -0.2) is 75.7 Å². The number of fused-ring (bicyclic) bond motifs is 4. The van der Waals surface area contributed by atoms with Crippen LogP contribution >= 0.6 is 0 Å². The number of ether oxygens (including phenoxy) is 2. The molecule has 8 nitrogen and oxygen atoms in total. The van der Waals surface area contributed by atoms with Gasteiger partial charge in [-0.2, -0.15) is 0 Å². The van der Waals surface area contributed by atoms with E-state index in [1.54, 1.807) is 13.3 Å². The number of aliphatic hydroxyl groups is 3. The molecule has 2 aromatic rings. The third-order valence-corrected chi connectivity index (χ3v) is 7.83. The lowest BCUT2D eigenvalue weighted by atomic mass is 9.73. The molecule has 3 aliphatic heterocycles. The molecule has 1 aromatic carbocycles. The van der Waals surface area contributed by atoms with E-state index in [0.717, 1.165) is 42.4 Å². The van der Waals surface area contributed by atoms with Crippen molar-refractivity contribution in [2.45, 2.75) is 49.7 Å². The largest absolute Gasteiger partial charge is 0.497 e. The molecule has 3 N–H and O–H groups in total. The average Bonchev–Trinajstić information content (AvgIpc) is 2.89. The van der Waals surface area contributed by atoms with Crippen LogP contribution in [0.3, 0.4) is 0 Å². The summed E-state index contributed by atoms with van der Waals surface area (Å²) < 4.78 is 11.6. The number of carbonyl (C=O) groups excluding carboxylic acids is 1. The number of carbonyl (C=O) groups is 1. The van der Waals surface area contributed by atoms with Gasteiger partial charge in [0.1, 0.15) is 24.1 Å². The zero-order valence-corrected chi connectivity index (χ0v) is 19.8. The van der Waals surface area contributed by atoms with E-state index in [0.29, 0.717) is 17.6 Å². The Morgan fingerprint density at radius 2 is 2.11 bits per heavy atom. The van der Waals surface area contributed by atoms with E-state index in [-0.39, 0.29) is 18.0 Å². The number of hydrogen-bond donors (Lipinski definition) is 3. The Morgan fingerprint density at radius 1 is 1.29 bits per heavy atom. The Labute approximate surface area is 204 Å². The topological polar surface area (TPSA) is 112 Å². The predicted octanol–water partition coefficient (Wildman–Crippen LogP) is 2.14. The summed E-state index contributed by atoms with van der Waals surface area (Å²) in [7, 11) is 1.61. The minimum Gasteiger partial charge on any atom is -0.497 e. The first kappa shape index (κ1) is 23.9. The summed E-state index contributed by atoms with van der Waals surface area (Å²) in [5.41, 5.74) is 1.78. The van der Waals surface area contributed by atoms with E-state index in [2.05, 4.69) is 16.5 Å². The molecule has 0 spiro atoms. The second-order valence-electron chi connectivity index (χ2n) is 9.80. The molecule has 8 heteroatoms. The molecule has 186 valence electrons. The zero-order valence-electron chi connectivity index (χ0n) is 19.8. The van der Waals surface area contributed by atoms with Crippen molar-refractivity contribution in [3.05, 3.63) is 60.3 Å². The first-order chi connectivity index (χ1) is 16.9. The van der Waals surface area contributed by atoms with Crippen molar-refractivity contribution in [1.29, 1.82) is 0 Å². The van der Waals surface area contributed by atoms with Crippen molar-refractivity contribution >= 4 is 16.9 Å². The molecular formula is C27H32N2O6. The van der Waals surface area contributed by atoms with Crippen LogP contribution in [0.15, 0.2) is 54.8 Å². The fourth-order valence-corrected chi connectivity index (χ4v) is 5.85. The molecule has 4 aliphatic rings. The number of aliphatic hydroxyl groups excluding tert-OH is 3. The van der Waals surface area contributed by atoms with Crippen molar-refractivity contribution in [2.75, 3.05) is 20.2 Å². The van der Waals surface area contributed by atoms with E-state index in [4.69, 9.17) is 9.47 Å². The summed E-state index contributed by atoms with van der Waals surface area (Å²) in [4.78, 5) is 20.2. The lowest BCUT2D eigenvalue weighted by Gasteiger charge is -2.51. The number of piperidine rings is 3. The summed E-state index contributed by atoms with van der Waals surface area (Å²) in [5, 5.41) is 30.9. The van der Waals surface area contributed by atoms with Gasteiger partial charge in [-0.05, 0) is 61.6 Å². The fraction of sp³-hybridized carbons (Fsp3) is 0.481. The third kappa shape index (κ3) is 4.47. The summed E-state index contributed by atoms with van der Waals surface area (Å²) in [6.07, 6.45) is 2.44. The zero-order chi connectivity index (χ0) is 24.7. The molecular weight excluding hydrogens is 448 g/mol. The van der Waals surface area contributed by atoms with Crippen LogP contribution in [0.1, 0.15) is 30.9 Å². The van der Waals surface area contributed by atoms with Crippen LogP contribution < -0.4 is 4.74 Å². The molecule has 0 saturated carbocycles. The van der Waals surface area contributed by atoms with E-state index in [1.165, 1.54) is 6.08 Å². The number of nitrogens with zero attached hydrogens (tertiary/aromatic N) is 2. The Balaban J connectivity index is 1.54. The van der Waals surface area contributed by atoms with Crippen molar-refractivity contribution in [1.82, 2.24) is 9.88 Å². The van der Waals surface area contributed by atoms with Crippen LogP contribution in [0.25, 0.3) is 10.9 Å². The highest BCUT2D eigenvalue weighted by Gasteiger charge is 2.45. The van der Waals surface area contributed by atoms with E-state index in [1.807, 2.05) is 30.3 Å². The van der Waals surface area contributed by atoms with Crippen LogP contribution in [0, 0.1) is 11.8 Å². The molecule has 4 heterocycles. The lowest BCUT2D eigenvalue weighted by molar-refractivity contribution is -0.154. The summed E-state index contributed by atoms with van der Waals surface area (Å²) in [5.74, 6) is 0.970. The average molecular weight is 481 g/mol. The Morgan fingerprint density at radius 3 is 2.80 bits per heavy atom. The Hall–Kier alpha value is -2.78. The maximum absolute atomic E-state index is 13.3. The predicted molar refractivity (Wildman–Crippen MR) is 130 cm³/mol. The molecule has 2 bridgehead atoms.